The summed E-state index contributed by atoms with van der Waals surface area (Å²) in [5, 5.41) is 11.6. The van der Waals surface area contributed by atoms with Gasteiger partial charge in [-0.05, 0) is 118 Å². The highest BCUT2D eigenvalue weighted by molar-refractivity contribution is 6.02. The molecule has 6 heterocycles. The lowest BCUT2D eigenvalue weighted by molar-refractivity contribution is -0.138. The average Bonchev–Trinajstić information content (AvgIpc) is 3.59. The number of benzene rings is 2. The van der Waals surface area contributed by atoms with Crippen LogP contribution in [0.2, 0.25) is 0 Å². The second-order valence-corrected chi connectivity index (χ2v) is 17.2. The van der Waals surface area contributed by atoms with Crippen molar-refractivity contribution in [2.24, 2.45) is 18.9 Å². The average molecular weight is 814 g/mol. The van der Waals surface area contributed by atoms with Gasteiger partial charge in [0.1, 0.15) is 5.69 Å². The maximum absolute atomic E-state index is 15.0. The van der Waals surface area contributed by atoms with E-state index in [-0.39, 0.29) is 40.9 Å². The summed E-state index contributed by atoms with van der Waals surface area (Å²) in [7, 11) is 1.93. The number of nitrogens with one attached hydrogen (secondary N) is 3. The Morgan fingerprint density at radius 3 is 2.43 bits per heavy atom. The molecule has 9 rings (SSSR count). The van der Waals surface area contributed by atoms with Crippen molar-refractivity contribution in [1.82, 2.24) is 39.8 Å². The molecule has 0 spiro atoms. The predicted molar refractivity (Wildman–Crippen MR) is 226 cm³/mol. The summed E-state index contributed by atoms with van der Waals surface area (Å²) in [4.78, 5) is 66.4. The van der Waals surface area contributed by atoms with E-state index < -0.39 is 11.7 Å². The van der Waals surface area contributed by atoms with Crippen LogP contribution in [-0.4, -0.2) is 91.0 Å². The van der Waals surface area contributed by atoms with E-state index in [1.807, 2.05) is 17.8 Å². The Balaban J connectivity index is 0.721. The van der Waals surface area contributed by atoms with E-state index in [1.54, 1.807) is 36.5 Å². The van der Waals surface area contributed by atoms with E-state index in [0.717, 1.165) is 101 Å². The molecule has 1 saturated carbocycles. The fourth-order valence-electron chi connectivity index (χ4n) is 9.97. The number of H-pyrrole nitrogens is 1. The molecule has 0 bridgehead atoms. The van der Waals surface area contributed by atoms with Crippen molar-refractivity contribution < 1.29 is 18.8 Å². The van der Waals surface area contributed by atoms with Crippen LogP contribution in [-0.2, 0) is 21.4 Å². The second-order valence-electron chi connectivity index (χ2n) is 17.2. The number of fused-ring (bicyclic) bond motifs is 1. The third-order valence-electron chi connectivity index (χ3n) is 13.4. The van der Waals surface area contributed by atoms with E-state index in [0.29, 0.717) is 47.3 Å². The number of rotatable bonds is 9. The first-order chi connectivity index (χ1) is 29.2. The first-order valence-electron chi connectivity index (χ1n) is 21.6. The molecule has 4 aliphatic rings. The van der Waals surface area contributed by atoms with Crippen LogP contribution < -0.4 is 16.2 Å². The van der Waals surface area contributed by atoms with Crippen molar-refractivity contribution in [2.45, 2.75) is 82.1 Å². The van der Waals surface area contributed by atoms with Crippen LogP contribution in [0.25, 0.3) is 33.3 Å². The number of carbonyl (C=O) groups excluding carboxylic acids is 3. The Morgan fingerprint density at radius 2 is 1.67 bits per heavy atom. The molecule has 3 aromatic heterocycles. The summed E-state index contributed by atoms with van der Waals surface area (Å²) in [5.41, 5.74) is 4.78. The fourth-order valence-corrected chi connectivity index (χ4v) is 9.97. The lowest BCUT2D eigenvalue weighted by Crippen LogP contribution is -2.45. The molecule has 2 aromatic carbocycles. The zero-order chi connectivity index (χ0) is 41.3. The second kappa shape index (κ2) is 17.1. The number of imide groups is 1. The molecule has 13 nitrogen and oxygen atoms in total. The number of aromatic amines is 1. The Hall–Kier alpha value is -5.76. The number of amides is 3. The third-order valence-corrected chi connectivity index (χ3v) is 13.4. The normalized spacial score (nSPS) is 22.2. The van der Waals surface area contributed by atoms with Gasteiger partial charge in [-0.2, -0.15) is 5.10 Å². The largest absolute Gasteiger partial charge is 0.351 e. The Labute approximate surface area is 348 Å². The predicted octanol–water partition coefficient (Wildman–Crippen LogP) is 6.13. The number of likely N-dealkylation sites (tertiary alicyclic amines) is 2. The molecule has 3 amide bonds. The van der Waals surface area contributed by atoms with E-state index in [4.69, 9.17) is 5.10 Å². The summed E-state index contributed by atoms with van der Waals surface area (Å²) >= 11 is 0. The molecule has 4 fully saturated rings. The van der Waals surface area contributed by atoms with Gasteiger partial charge >= 0.3 is 0 Å². The highest BCUT2D eigenvalue weighted by atomic mass is 19.1. The molecule has 0 radical (unpaired) electrons. The van der Waals surface area contributed by atoms with Crippen molar-refractivity contribution >= 4 is 34.6 Å². The standard InChI is InChI=1S/C46H52FN9O4/c1-54-39-25-31(9-12-36(39)42(53-54)37-13-14-40(57)51-44(37)59)29-17-20-55(21-18-29)27-28-15-22-56(23-16-28)45(60)30-7-10-34(11-8-30)50-46-49-26-38(47)41(52-46)33-5-2-4-32(24-33)35-6-3-19-48-43(35)58/h2-6,9,12,19,24-26,28-30,34,37H,7-8,10-11,13-18,20-23,27H2,1H3,(H,48,58)(H,49,50,52)(H,51,57,59)/t30-,34-,37?. The first-order valence-corrected chi connectivity index (χ1v) is 21.6. The highest BCUT2D eigenvalue weighted by Crippen LogP contribution is 2.36. The quantitative estimate of drug-likeness (QED) is 0.149. The van der Waals surface area contributed by atoms with Crippen molar-refractivity contribution in [2.75, 3.05) is 38.0 Å². The van der Waals surface area contributed by atoms with E-state index in [9.17, 15) is 19.2 Å². The number of piperidine rings is 3. The third kappa shape index (κ3) is 8.34. The summed E-state index contributed by atoms with van der Waals surface area (Å²) < 4.78 is 16.9. The van der Waals surface area contributed by atoms with Gasteiger partial charge in [-0.25, -0.2) is 14.4 Å². The molecule has 5 aromatic rings. The Morgan fingerprint density at radius 1 is 0.883 bits per heavy atom. The molecule has 14 heteroatoms. The van der Waals surface area contributed by atoms with Crippen molar-refractivity contribution in [3.63, 3.8) is 0 Å². The van der Waals surface area contributed by atoms with E-state index >= 15 is 4.39 Å². The number of halogens is 1. The molecule has 1 unspecified atom stereocenters. The monoisotopic (exact) mass is 813 g/mol. The van der Waals surface area contributed by atoms with Gasteiger partial charge in [-0.1, -0.05) is 30.3 Å². The molecule has 3 aliphatic heterocycles. The van der Waals surface area contributed by atoms with Crippen LogP contribution in [0.5, 0.6) is 0 Å². The zero-order valence-corrected chi connectivity index (χ0v) is 34.0. The molecule has 1 aliphatic carbocycles. The highest BCUT2D eigenvalue weighted by Gasteiger charge is 2.34. The molecule has 3 N–H and O–H groups in total. The maximum Gasteiger partial charge on any atom is 0.255 e. The molecule has 60 heavy (non-hydrogen) atoms. The number of hydrogen-bond donors (Lipinski definition) is 3. The van der Waals surface area contributed by atoms with Gasteiger partial charge in [0.25, 0.3) is 5.56 Å². The minimum atomic E-state index is -0.539. The van der Waals surface area contributed by atoms with Gasteiger partial charge < -0.3 is 20.1 Å². The van der Waals surface area contributed by atoms with Gasteiger partial charge in [0.15, 0.2) is 5.82 Å². The van der Waals surface area contributed by atoms with E-state index in [1.165, 1.54) is 11.8 Å². The zero-order valence-electron chi connectivity index (χ0n) is 34.0. The number of pyridine rings is 1. The minimum Gasteiger partial charge on any atom is -0.351 e. The topological polar surface area (TPSA) is 158 Å². The number of carbonyl (C=O) groups is 3. The molecule has 312 valence electrons. The van der Waals surface area contributed by atoms with Crippen molar-refractivity contribution in [3.05, 3.63) is 94.4 Å². The SMILES string of the molecule is Cn1nc(C2CCC(=O)NC2=O)c2ccc(C3CCN(CC4CCN(C(=O)[C@H]5CC[C@H](Nc6ncc(F)c(-c7cccc(-c8ccc[nH]c8=O)c7)n6)CC5)CC4)CC3)cc21. The Kier molecular flexibility index (Phi) is 11.3. The van der Waals surface area contributed by atoms with Crippen molar-refractivity contribution in [3.8, 4) is 22.4 Å². The molecule has 3 saturated heterocycles. The van der Waals surface area contributed by atoms with Gasteiger partial charge in [-0.3, -0.25) is 29.2 Å². The number of aromatic nitrogens is 5. The summed E-state index contributed by atoms with van der Waals surface area (Å²) in [6.45, 7) is 4.82. The lowest BCUT2D eigenvalue weighted by atomic mass is 9.84. The van der Waals surface area contributed by atoms with Crippen molar-refractivity contribution in [1.29, 1.82) is 0 Å². The maximum atomic E-state index is 15.0. The lowest BCUT2D eigenvalue weighted by Gasteiger charge is -2.39. The summed E-state index contributed by atoms with van der Waals surface area (Å²) in [5.74, 6) is 0.296. The van der Waals surface area contributed by atoms with Gasteiger partial charge in [-0.15, -0.1) is 0 Å². The van der Waals surface area contributed by atoms with Gasteiger partial charge in [0.2, 0.25) is 23.7 Å². The van der Waals surface area contributed by atoms with Gasteiger partial charge in [0, 0.05) is 67.8 Å². The van der Waals surface area contributed by atoms with Gasteiger partial charge in [0.05, 0.1) is 23.3 Å². The van der Waals surface area contributed by atoms with Crippen LogP contribution in [0.15, 0.2) is 71.8 Å². The Bertz CT molecular complexity index is 2460. The summed E-state index contributed by atoms with van der Waals surface area (Å²) in [6.07, 6.45) is 11.1. The van der Waals surface area contributed by atoms with Crippen LogP contribution >= 0.6 is 0 Å². The minimum absolute atomic E-state index is 0.0155. The molecular weight excluding hydrogens is 762 g/mol. The number of anilines is 1. The van der Waals surface area contributed by atoms with E-state index in [2.05, 4.69) is 53.6 Å². The van der Waals surface area contributed by atoms with Crippen LogP contribution in [0, 0.1) is 17.7 Å². The number of aryl methyl sites for hydroxylation is 1. The fraction of sp³-hybridized carbons (Fsp3) is 0.457. The van der Waals surface area contributed by atoms with Crippen LogP contribution in [0.3, 0.4) is 0 Å². The molecule has 1 atom stereocenters. The number of nitrogens with zero attached hydrogens (tertiary/aromatic N) is 6. The molecular formula is C46H52FN9O4. The van der Waals surface area contributed by atoms with Crippen LogP contribution in [0.4, 0.5) is 10.3 Å². The number of hydrogen-bond acceptors (Lipinski definition) is 9. The van der Waals surface area contributed by atoms with Crippen LogP contribution in [0.1, 0.15) is 87.3 Å². The first kappa shape index (κ1) is 39.7. The summed E-state index contributed by atoms with van der Waals surface area (Å²) in [6, 6.07) is 17.3. The smallest absolute Gasteiger partial charge is 0.255 e.